The Morgan fingerprint density at radius 1 is 1.29 bits per heavy atom. The first kappa shape index (κ1) is 16.9. The number of benzene rings is 1. The lowest BCUT2D eigenvalue weighted by Gasteiger charge is -2.11. The summed E-state index contributed by atoms with van der Waals surface area (Å²) in [4.78, 5) is 21.4. The number of hydrogen-bond donors (Lipinski definition) is 3. The van der Waals surface area contributed by atoms with E-state index in [1.165, 1.54) is 20.1 Å². The smallest absolute Gasteiger partial charge is 0.335 e. The van der Waals surface area contributed by atoms with Gasteiger partial charge in [-0.15, -0.1) is 0 Å². The number of carboxylic acid groups (broad SMARTS) is 1. The highest BCUT2D eigenvalue weighted by Gasteiger charge is 2.20. The molecule has 0 aliphatic heterocycles. The maximum atomic E-state index is 12.1. The summed E-state index contributed by atoms with van der Waals surface area (Å²) in [5.41, 5.74) is -0.0796. The van der Waals surface area contributed by atoms with E-state index in [0.29, 0.717) is 0 Å². The average molecular weight is 316 g/mol. The Bertz CT molecular complexity index is 641. The van der Waals surface area contributed by atoms with Crippen molar-refractivity contribution in [1.82, 2.24) is 10.0 Å². The molecular weight excluding hydrogens is 300 g/mol. The molecule has 1 rings (SSSR count). The predicted octanol–water partition coefficient (Wildman–Crippen LogP) is -0.192. The Morgan fingerprint density at radius 2 is 1.95 bits per heavy atom. The van der Waals surface area contributed by atoms with Crippen molar-refractivity contribution in [3.8, 4) is 5.75 Å². The molecule has 0 unspecified atom stereocenters. The molecule has 8 nitrogen and oxygen atoms in total. The molecular formula is C12H16N2O6S. The summed E-state index contributed by atoms with van der Waals surface area (Å²) in [6.45, 7) is 1.47. The van der Waals surface area contributed by atoms with Crippen molar-refractivity contribution < 1.29 is 27.9 Å². The van der Waals surface area contributed by atoms with Crippen LogP contribution in [0.15, 0.2) is 23.1 Å². The summed E-state index contributed by atoms with van der Waals surface area (Å²) in [6, 6.07) is 3.46. The van der Waals surface area contributed by atoms with Crippen molar-refractivity contribution in [2.45, 2.75) is 11.8 Å². The van der Waals surface area contributed by atoms with Gasteiger partial charge in [0.1, 0.15) is 10.6 Å². The van der Waals surface area contributed by atoms with Crippen LogP contribution in [-0.4, -0.2) is 45.6 Å². The van der Waals surface area contributed by atoms with E-state index in [1.807, 2.05) is 0 Å². The Balaban J connectivity index is 2.92. The maximum Gasteiger partial charge on any atom is 0.335 e. The zero-order valence-corrected chi connectivity index (χ0v) is 12.4. The number of amides is 1. The summed E-state index contributed by atoms with van der Waals surface area (Å²) in [5, 5.41) is 11.3. The van der Waals surface area contributed by atoms with E-state index in [-0.39, 0.29) is 35.2 Å². The Labute approximate surface area is 122 Å². The molecule has 0 aliphatic rings. The quantitative estimate of drug-likeness (QED) is 0.599. The van der Waals surface area contributed by atoms with E-state index in [9.17, 15) is 18.0 Å². The van der Waals surface area contributed by atoms with Gasteiger partial charge >= 0.3 is 5.97 Å². The highest BCUT2D eigenvalue weighted by atomic mass is 32.2. The maximum absolute atomic E-state index is 12.1. The zero-order chi connectivity index (χ0) is 16.0. The minimum atomic E-state index is -3.86. The Kier molecular flexibility index (Phi) is 5.68. The van der Waals surface area contributed by atoms with Gasteiger partial charge in [-0.3, -0.25) is 4.79 Å². The summed E-state index contributed by atoms with van der Waals surface area (Å²) in [6.07, 6.45) is 0. The van der Waals surface area contributed by atoms with Gasteiger partial charge in [-0.05, 0) is 18.2 Å². The fourth-order valence-electron chi connectivity index (χ4n) is 1.52. The molecule has 0 saturated carbocycles. The van der Waals surface area contributed by atoms with Crippen molar-refractivity contribution in [3.63, 3.8) is 0 Å². The summed E-state index contributed by atoms with van der Waals surface area (Å²) >= 11 is 0. The number of carboxylic acids is 1. The Morgan fingerprint density at radius 3 is 2.48 bits per heavy atom. The van der Waals surface area contributed by atoms with Gasteiger partial charge in [0, 0.05) is 20.0 Å². The predicted molar refractivity (Wildman–Crippen MR) is 73.8 cm³/mol. The second-order valence-electron chi connectivity index (χ2n) is 4.05. The molecule has 0 aromatic heterocycles. The third-order valence-corrected chi connectivity index (χ3v) is 3.99. The molecule has 0 spiro atoms. The van der Waals surface area contributed by atoms with E-state index >= 15 is 0 Å². The molecule has 0 heterocycles. The number of hydrogen-bond acceptors (Lipinski definition) is 5. The van der Waals surface area contributed by atoms with E-state index in [4.69, 9.17) is 9.84 Å². The number of ether oxygens (including phenoxy) is 1. The van der Waals surface area contributed by atoms with Crippen LogP contribution in [-0.2, 0) is 14.8 Å². The minimum absolute atomic E-state index is 0.00570. The topological polar surface area (TPSA) is 122 Å². The van der Waals surface area contributed by atoms with E-state index in [2.05, 4.69) is 10.0 Å². The molecule has 9 heteroatoms. The van der Waals surface area contributed by atoms with Crippen LogP contribution in [0.3, 0.4) is 0 Å². The van der Waals surface area contributed by atoms with Gasteiger partial charge in [-0.25, -0.2) is 17.9 Å². The van der Waals surface area contributed by atoms with E-state index < -0.39 is 16.0 Å². The molecule has 0 fully saturated rings. The molecule has 21 heavy (non-hydrogen) atoms. The molecule has 0 radical (unpaired) electrons. The second-order valence-corrected chi connectivity index (χ2v) is 5.79. The van der Waals surface area contributed by atoms with Crippen LogP contribution < -0.4 is 14.8 Å². The van der Waals surface area contributed by atoms with Gasteiger partial charge in [-0.1, -0.05) is 0 Å². The van der Waals surface area contributed by atoms with Crippen molar-refractivity contribution in [3.05, 3.63) is 23.8 Å². The van der Waals surface area contributed by atoms with Gasteiger partial charge in [0.05, 0.1) is 12.7 Å². The van der Waals surface area contributed by atoms with Gasteiger partial charge in [-0.2, -0.15) is 0 Å². The lowest BCUT2D eigenvalue weighted by molar-refractivity contribution is -0.118. The third-order valence-electron chi connectivity index (χ3n) is 2.49. The Hall–Kier alpha value is -2.13. The standard InChI is InChI=1S/C12H16N2O6S/c1-8(15)13-5-6-14-21(18,19)11-4-3-9(12(16)17)7-10(11)20-2/h3-4,7,14H,5-6H2,1-2H3,(H,13,15)(H,16,17). The van der Waals surface area contributed by atoms with Crippen LogP contribution in [0.4, 0.5) is 0 Å². The fourth-order valence-corrected chi connectivity index (χ4v) is 2.70. The number of carbonyl (C=O) groups is 2. The summed E-state index contributed by atoms with van der Waals surface area (Å²) < 4.78 is 31.4. The average Bonchev–Trinajstić information content (AvgIpc) is 2.42. The molecule has 1 aromatic carbocycles. The number of sulfonamides is 1. The zero-order valence-electron chi connectivity index (χ0n) is 11.5. The minimum Gasteiger partial charge on any atom is -0.495 e. The number of methoxy groups -OCH3 is 1. The van der Waals surface area contributed by atoms with Crippen LogP contribution in [0.1, 0.15) is 17.3 Å². The number of carbonyl (C=O) groups excluding carboxylic acids is 1. The monoisotopic (exact) mass is 316 g/mol. The van der Waals surface area contributed by atoms with Crippen molar-refractivity contribution in [1.29, 1.82) is 0 Å². The number of aromatic carboxylic acids is 1. The molecule has 0 atom stereocenters. The first-order valence-corrected chi connectivity index (χ1v) is 7.41. The first-order chi connectivity index (χ1) is 9.77. The molecule has 0 aliphatic carbocycles. The lowest BCUT2D eigenvalue weighted by atomic mass is 10.2. The molecule has 3 N–H and O–H groups in total. The highest BCUT2D eigenvalue weighted by Crippen LogP contribution is 2.24. The molecule has 0 bridgehead atoms. The number of rotatable bonds is 7. The molecule has 0 saturated heterocycles. The SMILES string of the molecule is COc1cc(C(=O)O)ccc1S(=O)(=O)NCCNC(C)=O. The van der Waals surface area contributed by atoms with Crippen LogP contribution in [0.25, 0.3) is 0 Å². The number of nitrogens with one attached hydrogen (secondary N) is 2. The summed E-state index contributed by atoms with van der Waals surface area (Å²) in [7, 11) is -2.62. The van der Waals surface area contributed by atoms with Crippen LogP contribution >= 0.6 is 0 Å². The second kappa shape index (κ2) is 7.04. The van der Waals surface area contributed by atoms with Crippen molar-refractivity contribution in [2.24, 2.45) is 0 Å². The van der Waals surface area contributed by atoms with Gasteiger partial charge < -0.3 is 15.2 Å². The van der Waals surface area contributed by atoms with Crippen molar-refractivity contribution in [2.75, 3.05) is 20.2 Å². The lowest BCUT2D eigenvalue weighted by Crippen LogP contribution is -2.33. The van der Waals surface area contributed by atoms with E-state index in [1.54, 1.807) is 0 Å². The van der Waals surface area contributed by atoms with Crippen LogP contribution in [0.5, 0.6) is 5.75 Å². The summed E-state index contributed by atoms with van der Waals surface area (Å²) in [5.74, 6) is -1.52. The van der Waals surface area contributed by atoms with Crippen LogP contribution in [0, 0.1) is 0 Å². The fraction of sp³-hybridized carbons (Fsp3) is 0.333. The molecule has 1 amide bonds. The van der Waals surface area contributed by atoms with Crippen molar-refractivity contribution >= 4 is 21.9 Å². The molecule has 116 valence electrons. The third kappa shape index (κ3) is 4.72. The largest absolute Gasteiger partial charge is 0.495 e. The van der Waals surface area contributed by atoms with Crippen LogP contribution in [0.2, 0.25) is 0 Å². The first-order valence-electron chi connectivity index (χ1n) is 5.93. The van der Waals surface area contributed by atoms with Gasteiger partial charge in [0.15, 0.2) is 0 Å². The van der Waals surface area contributed by atoms with E-state index in [0.717, 1.165) is 12.1 Å². The molecule has 1 aromatic rings. The van der Waals surface area contributed by atoms with Gasteiger partial charge in [0.25, 0.3) is 0 Å². The normalized spacial score (nSPS) is 11.0. The van der Waals surface area contributed by atoms with Gasteiger partial charge in [0.2, 0.25) is 15.9 Å². The highest BCUT2D eigenvalue weighted by molar-refractivity contribution is 7.89.